The van der Waals surface area contributed by atoms with Gasteiger partial charge < -0.3 is 19.7 Å². The van der Waals surface area contributed by atoms with E-state index < -0.39 is 0 Å². The van der Waals surface area contributed by atoms with Gasteiger partial charge in [-0.05, 0) is 30.9 Å². The van der Waals surface area contributed by atoms with Crippen LogP contribution in [0.15, 0.2) is 36.9 Å². The van der Waals surface area contributed by atoms with Gasteiger partial charge in [-0.25, -0.2) is 9.97 Å². The lowest BCUT2D eigenvalue weighted by Gasteiger charge is -2.50. The standard InChI is InChI=1S/C19H23N5O3/c1-26-17-10-16(22-13-23-17)24-11-19(12-24)15(5-9-27-19)4-8-21-18(25)14-2-6-20-7-3-14/h2-3,6-7,10,13,15H,4-5,8-9,11-12H2,1H3,(H,21,25)/t15-/m1/s1. The van der Waals surface area contributed by atoms with Crippen LogP contribution in [0.25, 0.3) is 0 Å². The number of anilines is 1. The molecule has 0 bridgehead atoms. The zero-order valence-electron chi connectivity index (χ0n) is 15.3. The molecule has 0 saturated carbocycles. The molecule has 2 fully saturated rings. The molecule has 2 aromatic rings. The number of methoxy groups -OCH3 is 1. The van der Waals surface area contributed by atoms with Crippen LogP contribution in [-0.4, -0.2) is 59.8 Å². The molecule has 142 valence electrons. The number of nitrogens with one attached hydrogen (secondary N) is 1. The molecule has 0 unspecified atom stereocenters. The maximum absolute atomic E-state index is 12.2. The Hall–Kier alpha value is -2.74. The van der Waals surface area contributed by atoms with E-state index in [4.69, 9.17) is 9.47 Å². The fraction of sp³-hybridized carbons (Fsp3) is 0.474. The van der Waals surface area contributed by atoms with Gasteiger partial charge in [0.1, 0.15) is 17.7 Å². The van der Waals surface area contributed by atoms with E-state index in [9.17, 15) is 4.79 Å². The lowest BCUT2D eigenvalue weighted by molar-refractivity contribution is -0.0455. The highest BCUT2D eigenvalue weighted by atomic mass is 16.5. The third-order valence-corrected chi connectivity index (χ3v) is 5.40. The fourth-order valence-electron chi connectivity index (χ4n) is 3.88. The zero-order valence-corrected chi connectivity index (χ0v) is 15.3. The highest BCUT2D eigenvalue weighted by molar-refractivity contribution is 5.93. The van der Waals surface area contributed by atoms with Crippen LogP contribution in [0.1, 0.15) is 23.2 Å². The molecule has 0 aliphatic carbocycles. The van der Waals surface area contributed by atoms with Crippen molar-refractivity contribution in [2.24, 2.45) is 5.92 Å². The van der Waals surface area contributed by atoms with E-state index in [1.807, 2.05) is 6.07 Å². The molecule has 0 radical (unpaired) electrons. The fourth-order valence-corrected chi connectivity index (χ4v) is 3.88. The van der Waals surface area contributed by atoms with Crippen LogP contribution in [0, 0.1) is 5.92 Å². The first-order valence-corrected chi connectivity index (χ1v) is 9.13. The third-order valence-electron chi connectivity index (χ3n) is 5.40. The Balaban J connectivity index is 1.30. The minimum atomic E-state index is -0.139. The summed E-state index contributed by atoms with van der Waals surface area (Å²) in [5.41, 5.74) is 0.495. The topological polar surface area (TPSA) is 89.5 Å². The summed E-state index contributed by atoms with van der Waals surface area (Å²) < 4.78 is 11.3. The molecular formula is C19H23N5O3. The second kappa shape index (κ2) is 7.48. The van der Waals surface area contributed by atoms with E-state index in [1.165, 1.54) is 6.33 Å². The SMILES string of the molecule is COc1cc(N2CC3(C2)OCC[C@H]3CCNC(=O)c2ccncc2)ncn1. The number of hydrogen-bond donors (Lipinski definition) is 1. The molecule has 8 heteroatoms. The van der Waals surface area contributed by atoms with Crippen molar-refractivity contribution in [2.45, 2.75) is 18.4 Å². The first kappa shape index (κ1) is 17.7. The summed E-state index contributed by atoms with van der Waals surface area (Å²) in [5, 5.41) is 3.00. The summed E-state index contributed by atoms with van der Waals surface area (Å²) in [5.74, 6) is 1.78. The first-order valence-electron chi connectivity index (χ1n) is 9.13. The monoisotopic (exact) mass is 369 g/mol. The van der Waals surface area contributed by atoms with E-state index in [2.05, 4.69) is 25.2 Å². The molecule has 4 rings (SSSR count). The van der Waals surface area contributed by atoms with Crippen LogP contribution in [0.4, 0.5) is 5.82 Å². The number of ether oxygens (including phenoxy) is 2. The lowest BCUT2D eigenvalue weighted by Crippen LogP contribution is -2.65. The quantitative estimate of drug-likeness (QED) is 0.821. The van der Waals surface area contributed by atoms with Crippen molar-refractivity contribution < 1.29 is 14.3 Å². The molecule has 8 nitrogen and oxygen atoms in total. The van der Waals surface area contributed by atoms with Crippen molar-refractivity contribution in [1.29, 1.82) is 0 Å². The second-order valence-electron chi connectivity index (χ2n) is 6.95. The van der Waals surface area contributed by atoms with Gasteiger partial charge in [-0.15, -0.1) is 0 Å². The Morgan fingerprint density at radius 2 is 2.19 bits per heavy atom. The van der Waals surface area contributed by atoms with Crippen LogP contribution >= 0.6 is 0 Å². The normalized spacial score (nSPS) is 20.3. The Morgan fingerprint density at radius 1 is 1.37 bits per heavy atom. The van der Waals surface area contributed by atoms with Crippen molar-refractivity contribution in [1.82, 2.24) is 20.3 Å². The zero-order chi connectivity index (χ0) is 18.7. The molecule has 2 aliphatic heterocycles. The number of aromatic nitrogens is 3. The average molecular weight is 369 g/mol. The summed E-state index contributed by atoms with van der Waals surface area (Å²) in [4.78, 5) is 26.6. The molecule has 2 saturated heterocycles. The minimum absolute atomic E-state index is 0.0614. The number of carbonyl (C=O) groups is 1. The maximum Gasteiger partial charge on any atom is 0.251 e. The van der Waals surface area contributed by atoms with Crippen molar-refractivity contribution in [3.8, 4) is 5.88 Å². The molecule has 1 spiro atoms. The van der Waals surface area contributed by atoms with Gasteiger partial charge >= 0.3 is 0 Å². The van der Waals surface area contributed by atoms with Gasteiger partial charge in [-0.2, -0.15) is 0 Å². The van der Waals surface area contributed by atoms with Gasteiger partial charge in [0.05, 0.1) is 20.2 Å². The first-order chi connectivity index (χ1) is 13.2. The highest BCUT2D eigenvalue weighted by Gasteiger charge is 2.53. The smallest absolute Gasteiger partial charge is 0.251 e. The number of amides is 1. The molecule has 1 atom stereocenters. The van der Waals surface area contributed by atoms with Crippen LogP contribution < -0.4 is 15.0 Å². The molecule has 2 aliphatic rings. The van der Waals surface area contributed by atoms with Crippen LogP contribution in [0.2, 0.25) is 0 Å². The number of nitrogens with zero attached hydrogens (tertiary/aromatic N) is 4. The molecule has 2 aromatic heterocycles. The maximum atomic E-state index is 12.2. The predicted octanol–water partition coefficient (Wildman–Crippen LogP) is 1.30. The second-order valence-corrected chi connectivity index (χ2v) is 6.95. The Kier molecular flexibility index (Phi) is 4.89. The van der Waals surface area contributed by atoms with E-state index in [0.29, 0.717) is 23.9 Å². The average Bonchev–Trinajstić information content (AvgIpc) is 3.11. The molecule has 0 aromatic carbocycles. The molecule has 1 N–H and O–H groups in total. The number of pyridine rings is 1. The van der Waals surface area contributed by atoms with Crippen LogP contribution in [0.3, 0.4) is 0 Å². The molecule has 1 amide bonds. The number of rotatable bonds is 6. The van der Waals surface area contributed by atoms with Gasteiger partial charge in [0.15, 0.2) is 0 Å². The van der Waals surface area contributed by atoms with Gasteiger partial charge in [-0.1, -0.05) is 0 Å². The summed E-state index contributed by atoms with van der Waals surface area (Å²) in [7, 11) is 1.60. The van der Waals surface area contributed by atoms with Crippen LogP contribution in [0.5, 0.6) is 5.88 Å². The summed E-state index contributed by atoms with van der Waals surface area (Å²) in [6, 6.07) is 5.27. The van der Waals surface area contributed by atoms with Gasteiger partial charge in [-0.3, -0.25) is 9.78 Å². The van der Waals surface area contributed by atoms with Gasteiger partial charge in [0, 0.05) is 37.2 Å². The largest absolute Gasteiger partial charge is 0.481 e. The Bertz CT molecular complexity index is 795. The molecule has 27 heavy (non-hydrogen) atoms. The van der Waals surface area contributed by atoms with Crippen LogP contribution in [-0.2, 0) is 4.74 Å². The van der Waals surface area contributed by atoms with E-state index in [0.717, 1.165) is 38.4 Å². The molecular weight excluding hydrogens is 346 g/mol. The Labute approximate surface area is 157 Å². The highest BCUT2D eigenvalue weighted by Crippen LogP contribution is 2.43. The minimum Gasteiger partial charge on any atom is -0.481 e. The molecule has 4 heterocycles. The van der Waals surface area contributed by atoms with Gasteiger partial charge in [0.25, 0.3) is 5.91 Å². The Morgan fingerprint density at radius 3 is 2.96 bits per heavy atom. The van der Waals surface area contributed by atoms with Gasteiger partial charge in [0.2, 0.25) is 5.88 Å². The van der Waals surface area contributed by atoms with E-state index in [1.54, 1.807) is 31.6 Å². The third kappa shape index (κ3) is 3.57. The number of hydrogen-bond acceptors (Lipinski definition) is 7. The summed E-state index contributed by atoms with van der Waals surface area (Å²) in [6.07, 6.45) is 6.68. The predicted molar refractivity (Wildman–Crippen MR) is 98.8 cm³/mol. The van der Waals surface area contributed by atoms with Crippen molar-refractivity contribution >= 4 is 11.7 Å². The summed E-state index contributed by atoms with van der Waals surface area (Å²) >= 11 is 0. The van der Waals surface area contributed by atoms with Crippen molar-refractivity contribution in [3.63, 3.8) is 0 Å². The lowest BCUT2D eigenvalue weighted by atomic mass is 9.79. The van der Waals surface area contributed by atoms with Crippen molar-refractivity contribution in [3.05, 3.63) is 42.5 Å². The van der Waals surface area contributed by atoms with Crippen molar-refractivity contribution in [2.75, 3.05) is 38.3 Å². The van der Waals surface area contributed by atoms with E-state index >= 15 is 0 Å². The summed E-state index contributed by atoms with van der Waals surface area (Å²) in [6.45, 7) is 3.01. The number of carbonyl (C=O) groups excluding carboxylic acids is 1. The van der Waals surface area contributed by atoms with E-state index in [-0.39, 0.29) is 11.5 Å².